The van der Waals surface area contributed by atoms with Gasteiger partial charge in [0, 0.05) is 0 Å². The van der Waals surface area contributed by atoms with Crippen molar-refractivity contribution < 1.29 is 142 Å². The first-order valence-corrected chi connectivity index (χ1v) is 13.8. The summed E-state index contributed by atoms with van der Waals surface area (Å²) in [5.74, 6) is -7.90. The van der Waals surface area contributed by atoms with Gasteiger partial charge >= 0.3 is 23.9 Å². The van der Waals surface area contributed by atoms with Crippen molar-refractivity contribution in [1.82, 2.24) is 0 Å². The van der Waals surface area contributed by atoms with Gasteiger partial charge in [-0.2, -0.15) is 0 Å². The summed E-state index contributed by atoms with van der Waals surface area (Å²) in [5.41, 5.74) is 0. The van der Waals surface area contributed by atoms with Crippen molar-refractivity contribution in [3.8, 4) is 0 Å². The maximum absolute atomic E-state index is 9.98. The van der Waals surface area contributed by atoms with E-state index in [0.717, 1.165) is 0 Å². The topological polar surface area (TPSA) is 565 Å². The van der Waals surface area contributed by atoms with Gasteiger partial charge in [0.25, 0.3) is 0 Å². The Labute approximate surface area is 313 Å². The number of hydrogen-bond donors (Lipinski definition) is 20. The van der Waals surface area contributed by atoms with Crippen LogP contribution in [0.2, 0.25) is 0 Å². The fourth-order valence-electron chi connectivity index (χ4n) is 2.65. The minimum absolute atomic E-state index is 0. The molecule has 0 heterocycles. The van der Waals surface area contributed by atoms with Crippen LogP contribution in [0.1, 0.15) is 0 Å². The number of aliphatic hydroxyl groups is 20. The van der Waals surface area contributed by atoms with Crippen LogP contribution in [0.15, 0.2) is 0 Å². The molecule has 29 heteroatoms. The van der Waals surface area contributed by atoms with Crippen molar-refractivity contribution in [2.24, 2.45) is 0 Å². The minimum atomic E-state index is -2.31. The van der Waals surface area contributed by atoms with Crippen LogP contribution in [0.5, 0.6) is 0 Å². The summed E-state index contributed by atoms with van der Waals surface area (Å²) in [6.45, 7) is -3.45. The summed E-state index contributed by atoms with van der Waals surface area (Å²) in [4.78, 5) is 39.9. The predicted octanol–water partition coefficient (Wildman–Crippen LogP) is -19.7. The fraction of sp³-hybridized carbons (Fsp3) is 0.833. The zero-order chi connectivity index (χ0) is 42.4. The number of carboxylic acids is 4. The van der Waals surface area contributed by atoms with Gasteiger partial charge in [-0.05, 0) is 0 Å². The normalized spacial score (nSPS) is 20.0. The maximum Gasteiger partial charge on any atom is 4.00 e. The Morgan fingerprint density at radius 2 is 0.415 bits per heavy atom. The molecule has 16 atom stereocenters. The maximum atomic E-state index is 9.98. The van der Waals surface area contributed by atoms with Crippen molar-refractivity contribution in [3.05, 3.63) is 0 Å². The molecule has 20 N–H and O–H groups in total. The van der Waals surface area contributed by atoms with Gasteiger partial charge < -0.3 is 142 Å². The van der Waals surface area contributed by atoms with Crippen LogP contribution >= 0.6 is 0 Å². The van der Waals surface area contributed by atoms with Gasteiger partial charge in [-0.1, -0.05) is 0 Å². The Hall–Kier alpha value is -2.12. The average Bonchev–Trinajstić information content (AvgIpc) is 3.12. The molecule has 53 heavy (non-hydrogen) atoms. The van der Waals surface area contributed by atoms with Gasteiger partial charge in [-0.15, -0.1) is 0 Å². The van der Waals surface area contributed by atoms with Crippen LogP contribution in [0.25, 0.3) is 0 Å². The first-order chi connectivity index (χ1) is 23.7. The molecule has 0 unspecified atom stereocenters. The number of carboxylic acid groups (broad SMARTS) is 4. The second kappa shape index (κ2) is 31.1. The van der Waals surface area contributed by atoms with E-state index in [9.17, 15) is 39.6 Å². The number of aliphatic hydroxyl groups excluding tert-OH is 20. The van der Waals surface area contributed by atoms with Gasteiger partial charge in [0.1, 0.15) is 97.7 Å². The first-order valence-electron chi connectivity index (χ1n) is 13.8. The summed E-state index contributed by atoms with van der Waals surface area (Å²) < 4.78 is 0. The van der Waals surface area contributed by atoms with Crippen molar-refractivity contribution >= 4 is 47.8 Å². The molecule has 0 aliphatic heterocycles. The molecule has 0 saturated carbocycles. The molecule has 0 fully saturated rings. The van der Waals surface area contributed by atoms with Gasteiger partial charge in [0.15, 0.2) is 0 Å². The van der Waals surface area contributed by atoms with Crippen molar-refractivity contribution in [1.29, 1.82) is 0 Å². The van der Waals surface area contributed by atoms with Crippen LogP contribution in [-0.2, 0) is 19.2 Å². The minimum Gasteiger partial charge on any atom is -0.547 e. The van der Waals surface area contributed by atoms with E-state index in [1.807, 2.05) is 0 Å². The molecule has 0 spiro atoms. The molecule has 312 valence electrons. The van der Waals surface area contributed by atoms with Crippen LogP contribution < -0.4 is 20.4 Å². The summed E-state index contributed by atoms with van der Waals surface area (Å²) in [6.07, 6.45) is -32.3. The van der Waals surface area contributed by atoms with E-state index in [2.05, 4.69) is 0 Å². The second-order valence-corrected chi connectivity index (χ2v) is 9.98. The third-order valence-electron chi connectivity index (χ3n) is 5.98. The zero-order valence-electron chi connectivity index (χ0n) is 26.8. The number of rotatable bonds is 20. The van der Waals surface area contributed by atoms with E-state index < -0.39 is 148 Å². The Morgan fingerprint density at radius 3 is 0.491 bits per heavy atom. The molecule has 28 nitrogen and oxygen atoms in total. The summed E-state index contributed by atoms with van der Waals surface area (Å²) in [7, 11) is 0. The summed E-state index contributed by atoms with van der Waals surface area (Å²) in [6, 6.07) is 0. The van der Waals surface area contributed by atoms with Gasteiger partial charge in [-0.3, -0.25) is 0 Å². The molecule has 0 aliphatic rings. The molecule has 0 aromatic carbocycles. The van der Waals surface area contributed by atoms with E-state index in [4.69, 9.17) is 102 Å². The van der Waals surface area contributed by atoms with Crippen molar-refractivity contribution in [3.63, 3.8) is 0 Å². The number of carbonyl (C=O) groups excluding carboxylic acids is 4. The van der Waals surface area contributed by atoms with E-state index >= 15 is 0 Å². The number of carbonyl (C=O) groups is 4. The number of aliphatic carboxylic acids is 4. The predicted molar refractivity (Wildman–Crippen MR) is 150 cm³/mol. The molecule has 0 saturated heterocycles. The molecule has 0 radical (unpaired) electrons. The first kappa shape index (κ1) is 60.1. The summed E-state index contributed by atoms with van der Waals surface area (Å²) in [5, 5.41) is 214. The molecule has 0 aromatic rings. The van der Waals surface area contributed by atoms with E-state index in [0.29, 0.717) is 0 Å². The molecule has 0 aromatic heterocycles. The summed E-state index contributed by atoms with van der Waals surface area (Å²) >= 11 is 0. The smallest absolute Gasteiger partial charge is 0.547 e. The molecular formula is C24H44O28Sn. The SMILES string of the molecule is O=C([O-])[C@@H](O)[C@@H](O)[C@@H](O)[C@H](O)CO.O=C([O-])[C@@H](O)[C@@H](O)[C@@H](O)[C@H](O)CO.O=C([O-])[C@@H](O)[C@@H](O)[C@@H](O)[C@H](O)CO.O=C([O-])[C@@H](O)[C@@H](O)[C@@H](O)[C@H](O)CO.[117Sn+4]. The van der Waals surface area contributed by atoms with E-state index in [1.54, 1.807) is 0 Å². The standard InChI is InChI=1S/4C6H12O7.Sn/c4*7-1-2(8)3(9)4(10)5(11)6(12)13;/h4*2-5,7-11H,1H2,(H,12,13);/q;;;;+4/p-4/t4*2-,3+,4+,5+;/m1111./s1/i;;;;1-2. The average molecular weight is 897 g/mol. The van der Waals surface area contributed by atoms with Gasteiger partial charge in [0.05, 0.1) is 50.3 Å². The second-order valence-electron chi connectivity index (χ2n) is 9.98. The largest absolute Gasteiger partial charge is 4.00 e. The van der Waals surface area contributed by atoms with Crippen LogP contribution in [0.3, 0.4) is 0 Å². The van der Waals surface area contributed by atoms with Crippen molar-refractivity contribution in [2.45, 2.75) is 97.7 Å². The van der Waals surface area contributed by atoms with Gasteiger partial charge in [0.2, 0.25) is 0 Å². The molecule has 0 bridgehead atoms. The van der Waals surface area contributed by atoms with Gasteiger partial charge in [-0.25, -0.2) is 0 Å². The molecular weight excluding hydrogens is 853 g/mol. The molecule has 0 amide bonds. The monoisotopic (exact) mass is 897 g/mol. The van der Waals surface area contributed by atoms with Crippen LogP contribution in [0, 0.1) is 0 Å². The van der Waals surface area contributed by atoms with E-state index in [1.165, 1.54) is 0 Å². The Kier molecular flexibility index (Phi) is 35.3. The fourth-order valence-corrected chi connectivity index (χ4v) is 2.65. The van der Waals surface area contributed by atoms with Crippen LogP contribution in [-0.4, -0.2) is 274 Å². The molecule has 0 aliphatic carbocycles. The van der Waals surface area contributed by atoms with E-state index in [-0.39, 0.29) is 23.9 Å². The quantitative estimate of drug-likeness (QED) is 0.0505. The Balaban J connectivity index is -0.000000192. The van der Waals surface area contributed by atoms with Crippen molar-refractivity contribution in [2.75, 3.05) is 26.4 Å². The number of hydrogen-bond acceptors (Lipinski definition) is 28. The Bertz CT molecular complexity index is 841. The zero-order valence-corrected chi connectivity index (χ0v) is 29.6. The third-order valence-corrected chi connectivity index (χ3v) is 5.98. The van der Waals surface area contributed by atoms with Crippen LogP contribution in [0.4, 0.5) is 0 Å². The molecule has 0 rings (SSSR count). The Morgan fingerprint density at radius 1 is 0.302 bits per heavy atom. The third kappa shape index (κ3) is 23.4.